The Morgan fingerprint density at radius 2 is 2.04 bits per heavy atom. The summed E-state index contributed by atoms with van der Waals surface area (Å²) >= 11 is 0. The molecule has 0 aliphatic rings. The Morgan fingerprint density at radius 1 is 1.33 bits per heavy atom. The van der Waals surface area contributed by atoms with Gasteiger partial charge in [0.25, 0.3) is 5.91 Å². The number of nitrogens with one attached hydrogen (secondary N) is 1. The predicted octanol–water partition coefficient (Wildman–Crippen LogP) is 2.73. The van der Waals surface area contributed by atoms with Crippen LogP contribution in [-0.2, 0) is 0 Å². The van der Waals surface area contributed by atoms with Crippen LogP contribution < -0.4 is 11.1 Å². The van der Waals surface area contributed by atoms with Crippen molar-refractivity contribution in [2.24, 2.45) is 11.7 Å². The second-order valence-electron chi connectivity index (χ2n) is 6.54. The Balaban J connectivity index is 2.20. The molecule has 0 aliphatic carbocycles. The van der Waals surface area contributed by atoms with Gasteiger partial charge >= 0.3 is 0 Å². The summed E-state index contributed by atoms with van der Waals surface area (Å²) in [7, 11) is 0. The van der Waals surface area contributed by atoms with Crippen molar-refractivity contribution in [2.75, 3.05) is 6.54 Å². The minimum absolute atomic E-state index is 0.115. The fourth-order valence-corrected chi connectivity index (χ4v) is 2.74. The summed E-state index contributed by atoms with van der Waals surface area (Å²) in [6.07, 6.45) is 0.786. The number of benzene rings is 1. The molecule has 2 rings (SSSR count). The van der Waals surface area contributed by atoms with E-state index < -0.39 is 5.82 Å². The van der Waals surface area contributed by atoms with Crippen LogP contribution in [0.4, 0.5) is 4.39 Å². The first-order valence-corrected chi connectivity index (χ1v) is 8.16. The number of halogens is 1. The van der Waals surface area contributed by atoms with Crippen molar-refractivity contribution in [3.8, 4) is 5.69 Å². The van der Waals surface area contributed by atoms with Gasteiger partial charge in [-0.15, -0.1) is 0 Å². The number of hydrogen-bond acceptors (Lipinski definition) is 3. The van der Waals surface area contributed by atoms with Crippen LogP contribution in [0.3, 0.4) is 0 Å². The molecule has 6 heteroatoms. The van der Waals surface area contributed by atoms with E-state index in [1.54, 1.807) is 12.1 Å². The minimum atomic E-state index is -0.484. The molecule has 1 aromatic heterocycles. The average Bonchev–Trinajstić information content (AvgIpc) is 2.84. The van der Waals surface area contributed by atoms with Gasteiger partial charge in [0.05, 0.1) is 5.69 Å². The summed E-state index contributed by atoms with van der Waals surface area (Å²) < 4.78 is 16.0. The van der Waals surface area contributed by atoms with Crippen molar-refractivity contribution in [3.63, 3.8) is 0 Å². The van der Waals surface area contributed by atoms with E-state index in [4.69, 9.17) is 5.73 Å². The van der Waals surface area contributed by atoms with Gasteiger partial charge in [-0.1, -0.05) is 13.8 Å². The molecule has 5 nitrogen and oxygen atoms in total. The highest BCUT2D eigenvalue weighted by molar-refractivity contribution is 5.94. The Bertz CT molecular complexity index is 724. The number of hydrogen-bond donors (Lipinski definition) is 2. The first kappa shape index (κ1) is 18.1. The topological polar surface area (TPSA) is 72.9 Å². The highest BCUT2D eigenvalue weighted by Gasteiger charge is 2.16. The maximum absolute atomic E-state index is 14.4. The van der Waals surface area contributed by atoms with Crippen LogP contribution in [-0.4, -0.2) is 28.3 Å². The highest BCUT2D eigenvalue weighted by atomic mass is 19.1. The molecule has 0 bridgehead atoms. The molecule has 0 fully saturated rings. The molecule has 24 heavy (non-hydrogen) atoms. The van der Waals surface area contributed by atoms with Crippen LogP contribution in [0.15, 0.2) is 24.3 Å². The standard InChI is InChI=1S/C18H25FN4O/c1-11(2)7-15(10-20)21-18(24)14-5-6-17(16(19)9-14)23-13(4)8-12(3)22-23/h5-6,8-9,11,15H,7,10,20H2,1-4H3,(H,21,24). The molecule has 0 spiro atoms. The van der Waals surface area contributed by atoms with Gasteiger partial charge in [-0.05, 0) is 50.5 Å². The van der Waals surface area contributed by atoms with E-state index in [0.29, 0.717) is 18.2 Å². The van der Waals surface area contributed by atoms with Crippen LogP contribution in [0.2, 0.25) is 0 Å². The third-order valence-corrected chi connectivity index (χ3v) is 3.82. The van der Waals surface area contributed by atoms with Gasteiger partial charge in [0.2, 0.25) is 0 Å². The first-order valence-electron chi connectivity index (χ1n) is 8.16. The third kappa shape index (κ3) is 4.20. The van der Waals surface area contributed by atoms with E-state index >= 15 is 0 Å². The number of amides is 1. The number of aryl methyl sites for hydroxylation is 2. The van der Waals surface area contributed by atoms with Crippen molar-refractivity contribution in [1.82, 2.24) is 15.1 Å². The predicted molar refractivity (Wildman–Crippen MR) is 92.8 cm³/mol. The second kappa shape index (κ2) is 7.57. The van der Waals surface area contributed by atoms with Crippen LogP contribution in [0.1, 0.15) is 42.0 Å². The van der Waals surface area contributed by atoms with E-state index in [1.807, 2.05) is 19.9 Å². The van der Waals surface area contributed by atoms with Gasteiger partial charge in [-0.2, -0.15) is 5.10 Å². The summed E-state index contributed by atoms with van der Waals surface area (Å²) in [6.45, 7) is 8.20. The van der Waals surface area contributed by atoms with E-state index in [1.165, 1.54) is 10.7 Å². The van der Waals surface area contributed by atoms with E-state index in [-0.39, 0.29) is 17.5 Å². The van der Waals surface area contributed by atoms with Crippen LogP contribution >= 0.6 is 0 Å². The Hall–Kier alpha value is -2.21. The second-order valence-corrected chi connectivity index (χ2v) is 6.54. The van der Waals surface area contributed by atoms with Gasteiger partial charge in [0, 0.05) is 23.8 Å². The summed E-state index contributed by atoms with van der Waals surface area (Å²) in [5.74, 6) is -0.379. The van der Waals surface area contributed by atoms with E-state index in [9.17, 15) is 9.18 Å². The van der Waals surface area contributed by atoms with Crippen LogP contribution in [0, 0.1) is 25.6 Å². The molecule has 0 saturated heterocycles. The summed E-state index contributed by atoms with van der Waals surface area (Å²) in [5, 5.41) is 7.13. The molecule has 1 aromatic carbocycles. The van der Waals surface area contributed by atoms with Crippen LogP contribution in [0.5, 0.6) is 0 Å². The minimum Gasteiger partial charge on any atom is -0.348 e. The summed E-state index contributed by atoms with van der Waals surface area (Å²) in [6, 6.07) is 6.18. The number of nitrogens with two attached hydrogens (primary N) is 1. The third-order valence-electron chi connectivity index (χ3n) is 3.82. The highest BCUT2D eigenvalue weighted by Crippen LogP contribution is 2.18. The van der Waals surface area contributed by atoms with Crippen molar-refractivity contribution < 1.29 is 9.18 Å². The lowest BCUT2D eigenvalue weighted by molar-refractivity contribution is 0.0933. The largest absolute Gasteiger partial charge is 0.348 e. The molecular formula is C18H25FN4O. The molecule has 2 aromatic rings. The fraction of sp³-hybridized carbons (Fsp3) is 0.444. The molecule has 0 saturated carbocycles. The lowest BCUT2D eigenvalue weighted by Crippen LogP contribution is -2.41. The Morgan fingerprint density at radius 3 is 2.54 bits per heavy atom. The molecule has 1 amide bonds. The van der Waals surface area contributed by atoms with Crippen LogP contribution in [0.25, 0.3) is 5.69 Å². The Labute approximate surface area is 142 Å². The van der Waals surface area contributed by atoms with Gasteiger partial charge in [-0.3, -0.25) is 4.79 Å². The Kier molecular flexibility index (Phi) is 5.72. The van der Waals surface area contributed by atoms with Gasteiger partial charge in [0.1, 0.15) is 11.5 Å². The van der Waals surface area contributed by atoms with Crippen molar-refractivity contribution in [3.05, 3.63) is 47.0 Å². The van der Waals surface area contributed by atoms with Gasteiger partial charge < -0.3 is 11.1 Å². The van der Waals surface area contributed by atoms with Crippen molar-refractivity contribution in [2.45, 2.75) is 40.2 Å². The number of rotatable bonds is 6. The van der Waals surface area contributed by atoms with Crippen molar-refractivity contribution in [1.29, 1.82) is 0 Å². The summed E-state index contributed by atoms with van der Waals surface area (Å²) in [4.78, 5) is 12.3. The maximum Gasteiger partial charge on any atom is 0.251 e. The molecule has 0 radical (unpaired) electrons. The lowest BCUT2D eigenvalue weighted by atomic mass is 10.0. The number of nitrogens with zero attached hydrogens (tertiary/aromatic N) is 2. The monoisotopic (exact) mass is 332 g/mol. The van der Waals surface area contributed by atoms with Gasteiger partial charge in [0.15, 0.2) is 0 Å². The molecule has 3 N–H and O–H groups in total. The number of carbonyl (C=O) groups excluding carboxylic acids is 1. The van der Waals surface area contributed by atoms with Gasteiger partial charge in [-0.25, -0.2) is 9.07 Å². The zero-order valence-corrected chi connectivity index (χ0v) is 14.6. The summed E-state index contributed by atoms with van der Waals surface area (Å²) in [5.41, 5.74) is 7.95. The normalized spacial score (nSPS) is 12.5. The molecule has 1 unspecified atom stereocenters. The molecule has 0 aliphatic heterocycles. The lowest BCUT2D eigenvalue weighted by Gasteiger charge is -2.19. The molecule has 1 atom stereocenters. The average molecular weight is 332 g/mol. The zero-order chi connectivity index (χ0) is 17.9. The zero-order valence-electron chi connectivity index (χ0n) is 14.6. The quantitative estimate of drug-likeness (QED) is 0.854. The molecule has 1 heterocycles. The fourth-order valence-electron chi connectivity index (χ4n) is 2.74. The number of carbonyl (C=O) groups is 1. The molecule has 130 valence electrons. The first-order chi connectivity index (χ1) is 11.3. The SMILES string of the molecule is Cc1cc(C)n(-c2ccc(C(=O)NC(CN)CC(C)C)cc2F)n1. The number of aromatic nitrogens is 2. The maximum atomic E-state index is 14.4. The van der Waals surface area contributed by atoms with E-state index in [0.717, 1.165) is 17.8 Å². The molecular weight excluding hydrogens is 307 g/mol. The van der Waals surface area contributed by atoms with E-state index in [2.05, 4.69) is 24.3 Å². The van der Waals surface area contributed by atoms with Crippen molar-refractivity contribution >= 4 is 5.91 Å². The smallest absolute Gasteiger partial charge is 0.251 e.